The average molecular weight is 444 g/mol. The van der Waals surface area contributed by atoms with Crippen LogP contribution in [0.15, 0.2) is 96.9 Å². The minimum absolute atomic E-state index is 0.290. The van der Waals surface area contributed by atoms with Crippen LogP contribution in [-0.2, 0) is 10.8 Å². The second-order valence-electron chi connectivity index (χ2n) is 7.39. The first-order valence-corrected chi connectivity index (χ1v) is 10.3. The molecule has 1 aliphatic rings. The van der Waals surface area contributed by atoms with E-state index >= 15 is 0 Å². The van der Waals surface area contributed by atoms with Crippen molar-refractivity contribution in [1.82, 2.24) is 0 Å². The van der Waals surface area contributed by atoms with Crippen LogP contribution in [0.3, 0.4) is 0 Å². The van der Waals surface area contributed by atoms with E-state index in [9.17, 15) is 4.39 Å². The largest absolute Gasteiger partial charge is 0.207 e. The normalized spacial score (nSPS) is 20.4. The molecule has 0 fully saturated rings. The molecule has 0 spiro atoms. The molecule has 1 aliphatic carbocycles. The van der Waals surface area contributed by atoms with Gasteiger partial charge < -0.3 is 0 Å². The number of rotatable bonds is 3. The van der Waals surface area contributed by atoms with Crippen molar-refractivity contribution < 1.29 is 4.39 Å². The summed E-state index contributed by atoms with van der Waals surface area (Å²) in [6.45, 7) is 2.11. The van der Waals surface area contributed by atoms with Gasteiger partial charge in [-0.1, -0.05) is 84.2 Å². The summed E-state index contributed by atoms with van der Waals surface area (Å²) in [6.07, 6.45) is 5.14. The van der Waals surface area contributed by atoms with Crippen molar-refractivity contribution in [3.05, 3.63) is 129 Å². The number of allylic oxidation sites excluding steroid dienone is 4. The van der Waals surface area contributed by atoms with Gasteiger partial charge in [-0.15, -0.1) is 0 Å². The van der Waals surface area contributed by atoms with E-state index < -0.39 is 10.8 Å². The Morgan fingerprint density at radius 1 is 0.621 bits per heavy atom. The van der Waals surface area contributed by atoms with Gasteiger partial charge in [-0.05, 0) is 65.2 Å². The predicted molar refractivity (Wildman–Crippen MR) is 121 cm³/mol. The van der Waals surface area contributed by atoms with Gasteiger partial charge in [-0.2, -0.15) is 0 Å². The molecule has 1 unspecified atom stereocenters. The molecule has 0 saturated carbocycles. The first kappa shape index (κ1) is 20.2. The van der Waals surface area contributed by atoms with Crippen molar-refractivity contribution in [3.8, 4) is 0 Å². The topological polar surface area (TPSA) is 0 Å². The fourth-order valence-corrected chi connectivity index (χ4v) is 4.64. The molecule has 4 heteroatoms. The van der Waals surface area contributed by atoms with Crippen LogP contribution in [0.2, 0.25) is 15.1 Å². The van der Waals surface area contributed by atoms with Crippen LogP contribution in [0.5, 0.6) is 0 Å². The van der Waals surface area contributed by atoms with Gasteiger partial charge in [0.2, 0.25) is 0 Å². The monoisotopic (exact) mass is 442 g/mol. The van der Waals surface area contributed by atoms with Gasteiger partial charge in [0.1, 0.15) is 5.83 Å². The molecule has 0 amide bonds. The third kappa shape index (κ3) is 3.42. The van der Waals surface area contributed by atoms with E-state index in [4.69, 9.17) is 34.8 Å². The van der Waals surface area contributed by atoms with Gasteiger partial charge in [-0.3, -0.25) is 0 Å². The fraction of sp³-hybridized carbons (Fsp3) is 0.120. The summed E-state index contributed by atoms with van der Waals surface area (Å²) in [4.78, 5) is 0. The van der Waals surface area contributed by atoms with Gasteiger partial charge in [0.15, 0.2) is 0 Å². The van der Waals surface area contributed by atoms with Crippen LogP contribution >= 0.6 is 34.8 Å². The zero-order valence-electron chi connectivity index (χ0n) is 15.7. The molecule has 0 radical (unpaired) electrons. The summed E-state index contributed by atoms with van der Waals surface area (Å²) in [5.74, 6) is -0.290. The third-order valence-electron chi connectivity index (χ3n) is 5.79. The van der Waals surface area contributed by atoms with Gasteiger partial charge in [0.25, 0.3) is 0 Å². The van der Waals surface area contributed by atoms with Crippen molar-refractivity contribution in [2.24, 2.45) is 0 Å². The lowest BCUT2D eigenvalue weighted by Crippen LogP contribution is -2.47. The predicted octanol–water partition coefficient (Wildman–Crippen LogP) is 8.31. The highest BCUT2D eigenvalue weighted by Gasteiger charge is 2.50. The molecule has 3 aromatic rings. The molecular weight excluding hydrogens is 426 g/mol. The summed E-state index contributed by atoms with van der Waals surface area (Å²) < 4.78 is 14.8. The van der Waals surface area contributed by atoms with Crippen molar-refractivity contribution in [2.75, 3.05) is 0 Å². The molecule has 146 valence electrons. The van der Waals surface area contributed by atoms with Crippen molar-refractivity contribution >= 4 is 34.8 Å². The highest BCUT2D eigenvalue weighted by atomic mass is 35.5. The fourth-order valence-electron chi connectivity index (χ4n) is 4.26. The lowest BCUT2D eigenvalue weighted by molar-refractivity contribution is 0.398. The molecule has 0 bridgehead atoms. The highest BCUT2D eigenvalue weighted by molar-refractivity contribution is 6.31. The second-order valence-corrected chi connectivity index (χ2v) is 8.70. The molecule has 1 atom stereocenters. The van der Waals surface area contributed by atoms with E-state index in [0.29, 0.717) is 15.1 Å². The molecular formula is C25H18Cl3F. The summed E-state index contributed by atoms with van der Waals surface area (Å²) in [7, 11) is 0. The average Bonchev–Trinajstić information content (AvgIpc) is 2.71. The van der Waals surface area contributed by atoms with E-state index in [-0.39, 0.29) is 5.83 Å². The molecule has 0 heterocycles. The van der Waals surface area contributed by atoms with E-state index in [0.717, 1.165) is 16.7 Å². The van der Waals surface area contributed by atoms with Gasteiger partial charge in [-0.25, -0.2) is 4.39 Å². The smallest absolute Gasteiger partial charge is 0.120 e. The Labute approximate surface area is 185 Å². The Bertz CT molecular complexity index is 1030. The summed E-state index contributed by atoms with van der Waals surface area (Å²) in [5.41, 5.74) is 1.48. The highest BCUT2D eigenvalue weighted by Crippen LogP contribution is 2.54. The Morgan fingerprint density at radius 3 is 1.41 bits per heavy atom. The number of hydrogen-bond acceptors (Lipinski definition) is 0. The van der Waals surface area contributed by atoms with Crippen molar-refractivity contribution in [1.29, 1.82) is 0 Å². The van der Waals surface area contributed by atoms with E-state index in [1.54, 1.807) is 6.08 Å². The zero-order chi connectivity index (χ0) is 20.6. The molecule has 4 rings (SSSR count). The van der Waals surface area contributed by atoms with Crippen LogP contribution in [0.1, 0.15) is 23.6 Å². The molecule has 3 aromatic carbocycles. The van der Waals surface area contributed by atoms with Crippen LogP contribution in [-0.4, -0.2) is 0 Å². The SMILES string of the molecule is CC1(c2ccc(Cl)cc2)C=CC(F)=CC1(c1ccc(Cl)cc1)c1ccc(Cl)cc1. The molecule has 0 N–H and O–H groups in total. The van der Waals surface area contributed by atoms with E-state index in [2.05, 4.69) is 6.92 Å². The van der Waals surface area contributed by atoms with Gasteiger partial charge in [0, 0.05) is 20.5 Å². The molecule has 29 heavy (non-hydrogen) atoms. The lowest BCUT2D eigenvalue weighted by atomic mass is 9.53. The van der Waals surface area contributed by atoms with Gasteiger partial charge in [0.05, 0.1) is 5.41 Å². The Kier molecular flexibility index (Phi) is 5.33. The third-order valence-corrected chi connectivity index (χ3v) is 6.55. The number of halogens is 4. The van der Waals surface area contributed by atoms with Crippen molar-refractivity contribution in [2.45, 2.75) is 17.8 Å². The minimum atomic E-state index is -0.811. The van der Waals surface area contributed by atoms with E-state index in [1.165, 1.54) is 6.08 Å². The maximum atomic E-state index is 14.8. The quantitative estimate of drug-likeness (QED) is 0.382. The van der Waals surface area contributed by atoms with Crippen LogP contribution in [0, 0.1) is 0 Å². The van der Waals surface area contributed by atoms with E-state index in [1.807, 2.05) is 78.9 Å². The summed E-state index contributed by atoms with van der Waals surface area (Å²) >= 11 is 18.5. The molecule has 0 saturated heterocycles. The number of benzene rings is 3. The molecule has 0 nitrogen and oxygen atoms in total. The van der Waals surface area contributed by atoms with Crippen LogP contribution in [0.4, 0.5) is 4.39 Å². The summed E-state index contributed by atoms with van der Waals surface area (Å²) in [5, 5.41) is 1.91. The second kappa shape index (κ2) is 7.65. The number of hydrogen-bond donors (Lipinski definition) is 0. The Balaban J connectivity index is 2.07. The maximum Gasteiger partial charge on any atom is 0.120 e. The molecule has 0 aromatic heterocycles. The first-order chi connectivity index (χ1) is 13.8. The Morgan fingerprint density at radius 2 is 1.00 bits per heavy atom. The first-order valence-electron chi connectivity index (χ1n) is 9.21. The Hall–Kier alpha value is -2.06. The van der Waals surface area contributed by atoms with Crippen LogP contribution < -0.4 is 0 Å². The maximum absolute atomic E-state index is 14.8. The molecule has 0 aliphatic heterocycles. The van der Waals surface area contributed by atoms with Gasteiger partial charge >= 0.3 is 0 Å². The van der Waals surface area contributed by atoms with Crippen molar-refractivity contribution in [3.63, 3.8) is 0 Å². The minimum Gasteiger partial charge on any atom is -0.207 e. The summed E-state index contributed by atoms with van der Waals surface area (Å²) in [6, 6.07) is 22.8. The zero-order valence-corrected chi connectivity index (χ0v) is 17.9. The van der Waals surface area contributed by atoms with Crippen LogP contribution in [0.25, 0.3) is 0 Å². The lowest BCUT2D eigenvalue weighted by Gasteiger charge is -2.48. The standard InChI is InChI=1S/C25H18Cl3F/c1-24(17-2-8-20(26)9-3-17)15-14-23(29)16-25(24,18-4-10-21(27)11-5-18)19-6-12-22(28)13-7-19/h2-16H,1H3.